The summed E-state index contributed by atoms with van der Waals surface area (Å²) >= 11 is 0. The van der Waals surface area contributed by atoms with Crippen molar-refractivity contribution in [3.8, 4) is 0 Å². The average Bonchev–Trinajstić information content (AvgIpc) is 2.94. The van der Waals surface area contributed by atoms with Crippen LogP contribution in [0.1, 0.15) is 42.8 Å². The molecule has 1 saturated heterocycles. The molecule has 0 bridgehead atoms. The fourth-order valence-electron chi connectivity index (χ4n) is 3.71. The molecule has 0 aromatic carbocycles. The molecule has 1 fully saturated rings. The highest BCUT2D eigenvalue weighted by molar-refractivity contribution is 5.76. The van der Waals surface area contributed by atoms with Gasteiger partial charge in [-0.25, -0.2) is 4.98 Å². The fraction of sp³-hybridized carbons (Fsp3) is 0.579. The number of anilines is 1. The Hall–Kier alpha value is -2.44. The lowest BCUT2D eigenvalue weighted by atomic mass is 9.93. The van der Waals surface area contributed by atoms with Crippen molar-refractivity contribution in [1.82, 2.24) is 24.6 Å². The number of nitrogen functional groups attached to an aromatic ring is 1. The molecule has 0 saturated carbocycles. The Morgan fingerprint density at radius 3 is 2.85 bits per heavy atom. The largest absolute Gasteiger partial charge is 0.382 e. The van der Waals surface area contributed by atoms with E-state index in [2.05, 4.69) is 28.1 Å². The van der Waals surface area contributed by atoms with Gasteiger partial charge in [0.25, 0.3) is 0 Å². The molecule has 1 aliphatic rings. The summed E-state index contributed by atoms with van der Waals surface area (Å²) in [5.74, 6) is 1.15. The van der Waals surface area contributed by atoms with E-state index in [1.54, 1.807) is 12.4 Å². The van der Waals surface area contributed by atoms with Crippen LogP contribution in [-0.4, -0.2) is 43.6 Å². The quantitative estimate of drug-likeness (QED) is 0.856. The molecule has 1 aliphatic heterocycles. The maximum Gasteiger partial charge on any atom is 0.222 e. The molecule has 2 aromatic heterocycles. The van der Waals surface area contributed by atoms with Gasteiger partial charge in [0.15, 0.2) is 0 Å². The van der Waals surface area contributed by atoms with E-state index < -0.39 is 0 Å². The van der Waals surface area contributed by atoms with Gasteiger partial charge in [0.2, 0.25) is 5.91 Å². The van der Waals surface area contributed by atoms with Crippen LogP contribution in [-0.2, 0) is 17.8 Å². The number of nitrogens with two attached hydrogens (primary N) is 1. The van der Waals surface area contributed by atoms with E-state index in [1.807, 2.05) is 16.5 Å². The van der Waals surface area contributed by atoms with Gasteiger partial charge in [-0.3, -0.25) is 14.5 Å². The molecule has 140 valence electrons. The van der Waals surface area contributed by atoms with Gasteiger partial charge < -0.3 is 10.6 Å². The summed E-state index contributed by atoms with van der Waals surface area (Å²) in [7, 11) is 0. The number of aromatic nitrogens is 4. The maximum absolute atomic E-state index is 12.6. The molecule has 1 unspecified atom stereocenters. The molecule has 26 heavy (non-hydrogen) atoms. The highest BCUT2D eigenvalue weighted by Gasteiger charge is 2.24. The lowest BCUT2D eigenvalue weighted by Crippen LogP contribution is -2.40. The number of carbonyl (C=O) groups is 1. The number of hydrogen-bond donors (Lipinski definition) is 1. The Kier molecular flexibility index (Phi) is 5.85. The van der Waals surface area contributed by atoms with Crippen LogP contribution in [0.15, 0.2) is 18.5 Å². The topological polar surface area (TPSA) is 89.9 Å². The highest BCUT2D eigenvalue weighted by Crippen LogP contribution is 2.22. The minimum Gasteiger partial charge on any atom is -0.382 e. The molecule has 2 aromatic rings. The van der Waals surface area contributed by atoms with E-state index in [4.69, 9.17) is 5.73 Å². The van der Waals surface area contributed by atoms with Crippen molar-refractivity contribution in [2.24, 2.45) is 5.92 Å². The Balaban J connectivity index is 1.48. The minimum atomic E-state index is 0.239. The zero-order valence-corrected chi connectivity index (χ0v) is 15.7. The summed E-state index contributed by atoms with van der Waals surface area (Å²) in [5.41, 5.74) is 8.92. The lowest BCUT2D eigenvalue weighted by molar-refractivity contribution is -0.133. The van der Waals surface area contributed by atoms with Gasteiger partial charge in [-0.05, 0) is 51.5 Å². The summed E-state index contributed by atoms with van der Waals surface area (Å²) in [6, 6.07) is 2.06. The number of amides is 1. The standard InChI is InChI=1S/C19H28N6O/c1-14-11-15(2)25(23-14)10-4-6-18(26)24-9-3-5-16(13-24)12-17-19(20)22-8-7-21-17/h7-8,11,16H,3-6,9-10,12-13H2,1-2H3,(H2,20,22). The molecule has 1 amide bonds. The van der Waals surface area contributed by atoms with Crippen molar-refractivity contribution in [2.75, 3.05) is 18.8 Å². The number of rotatable bonds is 6. The summed E-state index contributed by atoms with van der Waals surface area (Å²) in [4.78, 5) is 23.0. The Bertz CT molecular complexity index is 756. The van der Waals surface area contributed by atoms with E-state index in [0.29, 0.717) is 18.2 Å². The minimum absolute atomic E-state index is 0.239. The predicted molar refractivity (Wildman–Crippen MR) is 100 cm³/mol. The van der Waals surface area contributed by atoms with Gasteiger partial charge in [0.05, 0.1) is 11.4 Å². The van der Waals surface area contributed by atoms with E-state index in [1.165, 1.54) is 0 Å². The van der Waals surface area contributed by atoms with Crippen molar-refractivity contribution in [3.05, 3.63) is 35.5 Å². The molecular formula is C19H28N6O. The average molecular weight is 356 g/mol. The van der Waals surface area contributed by atoms with E-state index >= 15 is 0 Å². The van der Waals surface area contributed by atoms with E-state index in [9.17, 15) is 4.79 Å². The molecule has 7 nitrogen and oxygen atoms in total. The number of likely N-dealkylation sites (tertiary alicyclic amines) is 1. The van der Waals surface area contributed by atoms with Crippen molar-refractivity contribution >= 4 is 11.7 Å². The third kappa shape index (κ3) is 4.59. The first-order valence-electron chi connectivity index (χ1n) is 9.37. The molecule has 0 aliphatic carbocycles. The monoisotopic (exact) mass is 356 g/mol. The van der Waals surface area contributed by atoms with E-state index in [-0.39, 0.29) is 5.91 Å². The zero-order chi connectivity index (χ0) is 18.5. The lowest BCUT2D eigenvalue weighted by Gasteiger charge is -2.33. The number of aryl methyl sites for hydroxylation is 3. The van der Waals surface area contributed by atoms with Crippen LogP contribution in [0.3, 0.4) is 0 Å². The van der Waals surface area contributed by atoms with Gasteiger partial charge in [-0.15, -0.1) is 0 Å². The molecule has 0 spiro atoms. The van der Waals surface area contributed by atoms with Crippen LogP contribution in [0.4, 0.5) is 5.82 Å². The Morgan fingerprint density at radius 2 is 2.12 bits per heavy atom. The van der Waals surface area contributed by atoms with Crippen molar-refractivity contribution < 1.29 is 4.79 Å². The third-order valence-electron chi connectivity index (χ3n) is 5.02. The Labute approximate surface area is 154 Å². The molecule has 1 atom stereocenters. The van der Waals surface area contributed by atoms with Crippen molar-refractivity contribution in [1.29, 1.82) is 0 Å². The second kappa shape index (κ2) is 8.29. The van der Waals surface area contributed by atoms with Crippen LogP contribution in [0, 0.1) is 19.8 Å². The second-order valence-corrected chi connectivity index (χ2v) is 7.19. The first-order chi connectivity index (χ1) is 12.5. The first-order valence-corrected chi connectivity index (χ1v) is 9.37. The number of carbonyl (C=O) groups excluding carboxylic acids is 1. The molecule has 3 heterocycles. The van der Waals surface area contributed by atoms with Gasteiger partial charge in [-0.2, -0.15) is 5.10 Å². The smallest absolute Gasteiger partial charge is 0.222 e. The Morgan fingerprint density at radius 1 is 1.31 bits per heavy atom. The number of nitrogens with zero attached hydrogens (tertiary/aromatic N) is 5. The van der Waals surface area contributed by atoms with E-state index in [0.717, 1.165) is 62.4 Å². The van der Waals surface area contributed by atoms with Crippen LogP contribution in [0.5, 0.6) is 0 Å². The highest BCUT2D eigenvalue weighted by atomic mass is 16.2. The maximum atomic E-state index is 12.6. The molecule has 0 radical (unpaired) electrons. The molecule has 3 rings (SSSR count). The fourth-order valence-corrected chi connectivity index (χ4v) is 3.71. The van der Waals surface area contributed by atoms with Gasteiger partial charge in [0, 0.05) is 44.1 Å². The summed E-state index contributed by atoms with van der Waals surface area (Å²) in [5, 5.41) is 4.45. The van der Waals surface area contributed by atoms with Gasteiger partial charge in [-0.1, -0.05) is 0 Å². The van der Waals surface area contributed by atoms with Crippen LogP contribution in [0.25, 0.3) is 0 Å². The van der Waals surface area contributed by atoms with Gasteiger partial charge in [0.1, 0.15) is 5.82 Å². The van der Waals surface area contributed by atoms with Crippen LogP contribution >= 0.6 is 0 Å². The SMILES string of the molecule is Cc1cc(C)n(CCCC(=O)N2CCCC(Cc3nccnc3N)C2)n1. The summed E-state index contributed by atoms with van der Waals surface area (Å²) < 4.78 is 1.98. The molecule has 2 N–H and O–H groups in total. The summed E-state index contributed by atoms with van der Waals surface area (Å²) in [6.07, 6.45) is 7.60. The third-order valence-corrected chi connectivity index (χ3v) is 5.02. The summed E-state index contributed by atoms with van der Waals surface area (Å²) in [6.45, 7) is 6.47. The molecular weight excluding hydrogens is 328 g/mol. The number of piperidine rings is 1. The first kappa shape index (κ1) is 18.4. The normalized spacial score (nSPS) is 17.5. The van der Waals surface area contributed by atoms with Crippen LogP contribution in [0.2, 0.25) is 0 Å². The van der Waals surface area contributed by atoms with Crippen molar-refractivity contribution in [2.45, 2.75) is 52.5 Å². The van der Waals surface area contributed by atoms with Crippen LogP contribution < -0.4 is 5.73 Å². The van der Waals surface area contributed by atoms with Crippen molar-refractivity contribution in [3.63, 3.8) is 0 Å². The van der Waals surface area contributed by atoms with Gasteiger partial charge >= 0.3 is 0 Å². The predicted octanol–water partition coefficient (Wildman–Crippen LogP) is 2.13. The zero-order valence-electron chi connectivity index (χ0n) is 15.7. The molecule has 7 heteroatoms. The number of hydrogen-bond acceptors (Lipinski definition) is 5. The second-order valence-electron chi connectivity index (χ2n) is 7.19.